The molecule has 1 amide bonds. The van der Waals surface area contributed by atoms with E-state index < -0.39 is 6.10 Å². The molecule has 0 saturated carbocycles. The number of rotatable bonds is 7. The third-order valence-electron chi connectivity index (χ3n) is 3.32. The van der Waals surface area contributed by atoms with Gasteiger partial charge in [0.2, 0.25) is 5.91 Å². The van der Waals surface area contributed by atoms with Gasteiger partial charge in [-0.1, -0.05) is 50.6 Å². The summed E-state index contributed by atoms with van der Waals surface area (Å²) in [4.78, 5) is 11.9. The Hall–Kier alpha value is -1.35. The molecule has 0 saturated heterocycles. The molecule has 106 valence electrons. The first kappa shape index (κ1) is 15.7. The van der Waals surface area contributed by atoms with E-state index in [2.05, 4.69) is 12.2 Å². The van der Waals surface area contributed by atoms with Gasteiger partial charge in [-0.3, -0.25) is 4.79 Å². The van der Waals surface area contributed by atoms with Crippen molar-refractivity contribution in [1.82, 2.24) is 5.32 Å². The normalized spacial score (nSPS) is 15.6. The molecule has 0 heterocycles. The smallest absolute Gasteiger partial charge is 0.223 e. The van der Waals surface area contributed by atoms with Gasteiger partial charge in [-0.05, 0) is 25.3 Å². The number of amides is 1. The highest BCUT2D eigenvalue weighted by atomic mass is 16.3. The lowest BCUT2D eigenvalue weighted by Gasteiger charge is -2.20. The first-order chi connectivity index (χ1) is 9.04. The summed E-state index contributed by atoms with van der Waals surface area (Å²) in [6.07, 6.45) is 1.92. The van der Waals surface area contributed by atoms with Gasteiger partial charge in [-0.2, -0.15) is 0 Å². The molecule has 0 aliphatic carbocycles. The van der Waals surface area contributed by atoms with Crippen LogP contribution in [0, 0.1) is 5.92 Å². The molecular formula is C16H25NO2. The zero-order valence-electron chi connectivity index (χ0n) is 12.1. The van der Waals surface area contributed by atoms with Crippen LogP contribution in [0.15, 0.2) is 30.3 Å². The Kier molecular flexibility index (Phi) is 6.57. The predicted molar refractivity (Wildman–Crippen MR) is 77.7 cm³/mol. The zero-order chi connectivity index (χ0) is 14.3. The summed E-state index contributed by atoms with van der Waals surface area (Å²) in [5.74, 6) is 0.121. The standard InChI is InChI=1S/C16H25NO2/c1-4-8-12(2)16(19)17-13(3)11-15(18)14-9-6-5-7-10-14/h5-7,9-10,12-13,15,18H,4,8,11H2,1-3H3,(H,17,19). The Morgan fingerprint density at radius 1 is 1.26 bits per heavy atom. The summed E-state index contributed by atoms with van der Waals surface area (Å²) in [7, 11) is 0. The van der Waals surface area contributed by atoms with Gasteiger partial charge >= 0.3 is 0 Å². The summed E-state index contributed by atoms with van der Waals surface area (Å²) < 4.78 is 0. The van der Waals surface area contributed by atoms with Crippen molar-refractivity contribution in [3.8, 4) is 0 Å². The van der Waals surface area contributed by atoms with Crippen LogP contribution in [0.2, 0.25) is 0 Å². The summed E-state index contributed by atoms with van der Waals surface area (Å²) in [5.41, 5.74) is 0.894. The Morgan fingerprint density at radius 3 is 2.47 bits per heavy atom. The predicted octanol–water partition coefficient (Wildman–Crippen LogP) is 3.05. The number of hydrogen-bond donors (Lipinski definition) is 2. The number of hydrogen-bond acceptors (Lipinski definition) is 2. The van der Waals surface area contributed by atoms with Gasteiger partial charge in [0.05, 0.1) is 6.10 Å². The maximum Gasteiger partial charge on any atom is 0.223 e. The molecule has 1 aromatic carbocycles. The number of aliphatic hydroxyl groups is 1. The molecule has 0 spiro atoms. The summed E-state index contributed by atoms with van der Waals surface area (Å²) in [6.45, 7) is 5.95. The highest BCUT2D eigenvalue weighted by Crippen LogP contribution is 2.18. The molecule has 0 bridgehead atoms. The Labute approximate surface area is 116 Å². The molecule has 19 heavy (non-hydrogen) atoms. The number of carbonyl (C=O) groups excluding carboxylic acids is 1. The number of benzene rings is 1. The molecular weight excluding hydrogens is 238 g/mol. The maximum atomic E-state index is 11.9. The van der Waals surface area contributed by atoms with Crippen LogP contribution >= 0.6 is 0 Å². The van der Waals surface area contributed by atoms with Gasteiger partial charge in [0, 0.05) is 12.0 Å². The lowest BCUT2D eigenvalue weighted by molar-refractivity contribution is -0.125. The van der Waals surface area contributed by atoms with Crippen molar-refractivity contribution in [3.05, 3.63) is 35.9 Å². The molecule has 1 rings (SSSR count). The molecule has 0 fully saturated rings. The minimum Gasteiger partial charge on any atom is -0.388 e. The average molecular weight is 263 g/mol. The van der Waals surface area contributed by atoms with Crippen LogP contribution < -0.4 is 5.32 Å². The van der Waals surface area contributed by atoms with E-state index in [1.165, 1.54) is 0 Å². The summed E-state index contributed by atoms with van der Waals surface area (Å²) >= 11 is 0. The Balaban J connectivity index is 2.43. The van der Waals surface area contributed by atoms with Gasteiger partial charge in [0.1, 0.15) is 0 Å². The van der Waals surface area contributed by atoms with Crippen molar-refractivity contribution in [2.24, 2.45) is 5.92 Å². The second-order valence-corrected chi connectivity index (χ2v) is 5.26. The van der Waals surface area contributed by atoms with Crippen LogP contribution in [-0.4, -0.2) is 17.1 Å². The highest BCUT2D eigenvalue weighted by molar-refractivity contribution is 5.78. The molecule has 0 radical (unpaired) electrons. The quantitative estimate of drug-likeness (QED) is 0.794. The van der Waals surface area contributed by atoms with E-state index in [4.69, 9.17) is 0 Å². The van der Waals surface area contributed by atoms with Crippen molar-refractivity contribution < 1.29 is 9.90 Å². The molecule has 1 aromatic rings. The Morgan fingerprint density at radius 2 is 1.89 bits per heavy atom. The van der Waals surface area contributed by atoms with Crippen molar-refractivity contribution in [1.29, 1.82) is 0 Å². The van der Waals surface area contributed by atoms with Crippen molar-refractivity contribution >= 4 is 5.91 Å². The lowest BCUT2D eigenvalue weighted by atomic mass is 10.0. The minimum absolute atomic E-state index is 0.0259. The fraction of sp³-hybridized carbons (Fsp3) is 0.562. The molecule has 0 aliphatic heterocycles. The molecule has 3 unspecified atom stereocenters. The van der Waals surface area contributed by atoms with E-state index in [1.807, 2.05) is 44.2 Å². The van der Waals surface area contributed by atoms with E-state index in [9.17, 15) is 9.90 Å². The van der Waals surface area contributed by atoms with Crippen molar-refractivity contribution in [3.63, 3.8) is 0 Å². The van der Waals surface area contributed by atoms with Crippen LogP contribution in [-0.2, 0) is 4.79 Å². The first-order valence-electron chi connectivity index (χ1n) is 7.08. The van der Waals surface area contributed by atoms with Gasteiger partial charge in [-0.25, -0.2) is 0 Å². The van der Waals surface area contributed by atoms with Crippen LogP contribution in [0.3, 0.4) is 0 Å². The molecule has 3 heteroatoms. The third kappa shape index (κ3) is 5.43. The monoisotopic (exact) mass is 263 g/mol. The zero-order valence-corrected chi connectivity index (χ0v) is 12.1. The minimum atomic E-state index is -0.530. The lowest BCUT2D eigenvalue weighted by Crippen LogP contribution is -2.37. The van der Waals surface area contributed by atoms with Crippen molar-refractivity contribution in [2.45, 2.75) is 52.2 Å². The highest BCUT2D eigenvalue weighted by Gasteiger charge is 2.17. The molecule has 3 nitrogen and oxygen atoms in total. The summed E-state index contributed by atoms with van der Waals surface area (Å²) in [5, 5.41) is 13.1. The van der Waals surface area contributed by atoms with Gasteiger partial charge in [0.15, 0.2) is 0 Å². The SMILES string of the molecule is CCCC(C)C(=O)NC(C)CC(O)c1ccccc1. The van der Waals surface area contributed by atoms with E-state index >= 15 is 0 Å². The molecule has 0 aromatic heterocycles. The fourth-order valence-electron chi connectivity index (χ4n) is 2.15. The van der Waals surface area contributed by atoms with Gasteiger partial charge in [-0.15, -0.1) is 0 Å². The average Bonchev–Trinajstić information content (AvgIpc) is 2.39. The second-order valence-electron chi connectivity index (χ2n) is 5.26. The Bertz CT molecular complexity index is 378. The van der Waals surface area contributed by atoms with E-state index in [1.54, 1.807) is 0 Å². The van der Waals surface area contributed by atoms with Gasteiger partial charge < -0.3 is 10.4 Å². The number of nitrogens with one attached hydrogen (secondary N) is 1. The van der Waals surface area contributed by atoms with Crippen LogP contribution in [0.25, 0.3) is 0 Å². The third-order valence-corrected chi connectivity index (χ3v) is 3.32. The second kappa shape index (κ2) is 7.95. The molecule has 0 aliphatic rings. The maximum absolute atomic E-state index is 11.9. The van der Waals surface area contributed by atoms with E-state index in [0.29, 0.717) is 6.42 Å². The number of aliphatic hydroxyl groups excluding tert-OH is 1. The number of carbonyl (C=O) groups is 1. The van der Waals surface area contributed by atoms with E-state index in [0.717, 1.165) is 18.4 Å². The van der Waals surface area contributed by atoms with Gasteiger partial charge in [0.25, 0.3) is 0 Å². The van der Waals surface area contributed by atoms with Crippen LogP contribution in [0.1, 0.15) is 51.7 Å². The van der Waals surface area contributed by atoms with Crippen molar-refractivity contribution in [2.75, 3.05) is 0 Å². The summed E-state index contributed by atoms with van der Waals surface area (Å²) in [6, 6.07) is 9.52. The topological polar surface area (TPSA) is 49.3 Å². The fourth-order valence-corrected chi connectivity index (χ4v) is 2.15. The molecule has 2 N–H and O–H groups in total. The first-order valence-corrected chi connectivity index (χ1v) is 7.08. The molecule has 3 atom stereocenters. The van der Waals surface area contributed by atoms with Crippen LogP contribution in [0.5, 0.6) is 0 Å². The largest absolute Gasteiger partial charge is 0.388 e. The van der Waals surface area contributed by atoms with E-state index in [-0.39, 0.29) is 17.9 Å². The van der Waals surface area contributed by atoms with Crippen LogP contribution in [0.4, 0.5) is 0 Å².